The molecule has 2 fully saturated rings. The quantitative estimate of drug-likeness (QED) is 0.716. The lowest BCUT2D eigenvalue weighted by Gasteiger charge is -2.31. The molecule has 0 heterocycles. The van der Waals surface area contributed by atoms with Crippen LogP contribution in [0.1, 0.15) is 19.3 Å². The largest absolute Gasteiger partial charge is 0.389 e. The third kappa shape index (κ3) is 2.53. The van der Waals surface area contributed by atoms with E-state index in [2.05, 4.69) is 0 Å². The maximum Gasteiger partial charge on any atom is 0.227 e. The zero-order chi connectivity index (χ0) is 13.3. The van der Waals surface area contributed by atoms with Gasteiger partial charge in [-0.05, 0) is 31.1 Å². The van der Waals surface area contributed by atoms with Crippen LogP contribution in [0.2, 0.25) is 0 Å². The number of carbonyl (C=O) groups excluding carboxylic acids is 1. The molecule has 0 spiro atoms. The van der Waals surface area contributed by atoms with Crippen molar-refractivity contribution in [2.45, 2.75) is 31.4 Å². The van der Waals surface area contributed by atoms with Gasteiger partial charge in [-0.2, -0.15) is 0 Å². The Kier molecular flexibility index (Phi) is 4.25. The zero-order valence-electron chi connectivity index (χ0n) is 11.2. The number of aliphatic hydroxyl groups is 1. The molecule has 5 nitrogen and oxygen atoms in total. The van der Waals surface area contributed by atoms with Crippen LogP contribution in [0, 0.1) is 17.8 Å². The van der Waals surface area contributed by atoms with Gasteiger partial charge in [0, 0.05) is 26.7 Å². The smallest absolute Gasteiger partial charge is 0.227 e. The van der Waals surface area contributed by atoms with E-state index >= 15 is 0 Å². The zero-order valence-corrected chi connectivity index (χ0v) is 11.2. The summed E-state index contributed by atoms with van der Waals surface area (Å²) in [5, 5.41) is 9.66. The van der Waals surface area contributed by atoms with Crippen molar-refractivity contribution in [3.63, 3.8) is 0 Å². The molecule has 1 amide bonds. The number of aliphatic hydroxyl groups excluding tert-OH is 1. The van der Waals surface area contributed by atoms with Crippen molar-refractivity contribution in [2.24, 2.45) is 23.5 Å². The molecule has 0 aromatic carbocycles. The minimum Gasteiger partial charge on any atom is -0.389 e. The van der Waals surface area contributed by atoms with Crippen molar-refractivity contribution in [1.29, 1.82) is 0 Å². The Labute approximate surface area is 108 Å². The van der Waals surface area contributed by atoms with Gasteiger partial charge in [-0.25, -0.2) is 0 Å². The molecule has 3 N–H and O–H groups in total. The minimum absolute atomic E-state index is 0.0123. The molecule has 0 saturated heterocycles. The fraction of sp³-hybridized carbons (Fsp3) is 0.923. The van der Waals surface area contributed by atoms with Gasteiger partial charge in [-0.1, -0.05) is 0 Å². The number of fused-ring (bicyclic) bond motifs is 2. The van der Waals surface area contributed by atoms with E-state index in [0.29, 0.717) is 18.4 Å². The Morgan fingerprint density at radius 1 is 1.50 bits per heavy atom. The number of ether oxygens (including phenoxy) is 1. The number of hydrogen-bond acceptors (Lipinski definition) is 4. The Bertz CT molecular complexity index is 309. The van der Waals surface area contributed by atoms with Crippen molar-refractivity contribution < 1.29 is 14.6 Å². The van der Waals surface area contributed by atoms with E-state index in [1.807, 2.05) is 0 Å². The molecule has 5 atom stereocenters. The lowest BCUT2D eigenvalue weighted by atomic mass is 9.84. The molecule has 18 heavy (non-hydrogen) atoms. The highest BCUT2D eigenvalue weighted by Gasteiger charge is 2.49. The van der Waals surface area contributed by atoms with Crippen LogP contribution >= 0.6 is 0 Å². The first kappa shape index (κ1) is 13.8. The number of rotatable bonds is 5. The molecule has 2 aliphatic rings. The summed E-state index contributed by atoms with van der Waals surface area (Å²) in [6.07, 6.45) is 2.78. The molecule has 104 valence electrons. The van der Waals surface area contributed by atoms with Gasteiger partial charge in [-0.3, -0.25) is 4.79 Å². The Morgan fingerprint density at radius 3 is 2.72 bits per heavy atom. The topological polar surface area (TPSA) is 75.8 Å². The Balaban J connectivity index is 1.91. The summed E-state index contributed by atoms with van der Waals surface area (Å²) in [6.45, 7) is 0.563. The predicted molar refractivity (Wildman–Crippen MR) is 67.8 cm³/mol. The minimum atomic E-state index is -0.626. The maximum atomic E-state index is 12.4. The predicted octanol–water partition coefficient (Wildman–Crippen LogP) is -0.174. The van der Waals surface area contributed by atoms with E-state index in [1.54, 1.807) is 11.9 Å². The highest BCUT2D eigenvalue weighted by molar-refractivity contribution is 5.80. The number of nitrogens with zero attached hydrogens (tertiary/aromatic N) is 1. The lowest BCUT2D eigenvalue weighted by molar-refractivity contribution is -0.138. The average Bonchev–Trinajstić information content (AvgIpc) is 2.88. The highest BCUT2D eigenvalue weighted by Crippen LogP contribution is 2.48. The van der Waals surface area contributed by atoms with E-state index < -0.39 is 6.10 Å². The van der Waals surface area contributed by atoms with Crippen molar-refractivity contribution >= 4 is 5.91 Å². The van der Waals surface area contributed by atoms with E-state index in [9.17, 15) is 9.90 Å². The van der Waals surface area contributed by atoms with Gasteiger partial charge in [0.2, 0.25) is 5.91 Å². The number of methoxy groups -OCH3 is 1. The fourth-order valence-corrected chi connectivity index (χ4v) is 3.61. The first-order valence-corrected chi connectivity index (χ1v) is 6.72. The average molecular weight is 256 g/mol. The highest BCUT2D eigenvalue weighted by atomic mass is 16.5. The van der Waals surface area contributed by atoms with Crippen molar-refractivity contribution in [1.82, 2.24) is 4.90 Å². The molecule has 2 aliphatic carbocycles. The monoisotopic (exact) mass is 256 g/mol. The van der Waals surface area contributed by atoms with Crippen molar-refractivity contribution in [2.75, 3.05) is 27.3 Å². The van der Waals surface area contributed by atoms with Gasteiger partial charge in [0.05, 0.1) is 18.6 Å². The molecule has 2 bridgehead atoms. The summed E-state index contributed by atoms with van der Waals surface area (Å²) in [6, 6.07) is 0.0123. The molecule has 0 radical (unpaired) electrons. The molecular formula is C13H24N2O3. The molecule has 2 rings (SSSR count). The Morgan fingerprint density at radius 2 is 2.17 bits per heavy atom. The first-order valence-electron chi connectivity index (χ1n) is 6.72. The maximum absolute atomic E-state index is 12.4. The van der Waals surface area contributed by atoms with Crippen LogP contribution in [0.3, 0.4) is 0 Å². The van der Waals surface area contributed by atoms with Gasteiger partial charge in [0.15, 0.2) is 0 Å². The lowest BCUT2D eigenvalue weighted by Crippen LogP contribution is -2.47. The van der Waals surface area contributed by atoms with Crippen LogP contribution in [-0.2, 0) is 9.53 Å². The van der Waals surface area contributed by atoms with Crippen LogP contribution < -0.4 is 5.73 Å². The third-order valence-corrected chi connectivity index (χ3v) is 4.49. The van der Waals surface area contributed by atoms with E-state index in [1.165, 1.54) is 13.5 Å². The normalized spacial score (nSPS) is 35.8. The first-order chi connectivity index (χ1) is 8.54. The molecule has 0 aromatic rings. The summed E-state index contributed by atoms with van der Waals surface area (Å²) in [5.41, 5.74) is 6.16. The van der Waals surface area contributed by atoms with Gasteiger partial charge in [-0.15, -0.1) is 0 Å². The van der Waals surface area contributed by atoms with Crippen LogP contribution in [0.4, 0.5) is 0 Å². The Hall–Kier alpha value is -0.650. The number of hydrogen-bond donors (Lipinski definition) is 2. The summed E-state index contributed by atoms with van der Waals surface area (Å²) in [4.78, 5) is 14.0. The number of carbonyl (C=O) groups is 1. The van der Waals surface area contributed by atoms with Crippen molar-refractivity contribution in [3.8, 4) is 0 Å². The summed E-state index contributed by atoms with van der Waals surface area (Å²) in [7, 11) is 3.27. The molecule has 2 saturated carbocycles. The van der Waals surface area contributed by atoms with Crippen LogP contribution in [0.15, 0.2) is 0 Å². The standard InChI is InChI=1S/C13H24N2O3/c1-15(6-10(16)7-18-2)13(17)11-8-3-4-9(5-8)12(11)14/h8-12,16H,3-7,14H2,1-2H3. The molecule has 5 heteroatoms. The van der Waals surface area contributed by atoms with E-state index in [0.717, 1.165) is 12.8 Å². The number of amides is 1. The van der Waals surface area contributed by atoms with Gasteiger partial charge < -0.3 is 20.5 Å². The second-order valence-electron chi connectivity index (χ2n) is 5.76. The van der Waals surface area contributed by atoms with Gasteiger partial charge >= 0.3 is 0 Å². The molecular weight excluding hydrogens is 232 g/mol. The van der Waals surface area contributed by atoms with Gasteiger partial charge in [0.25, 0.3) is 0 Å². The molecule has 0 aliphatic heterocycles. The SMILES string of the molecule is COCC(O)CN(C)C(=O)C1C2CCC(C2)C1N. The summed E-state index contributed by atoms with van der Waals surface area (Å²) in [5.74, 6) is 1.04. The summed E-state index contributed by atoms with van der Waals surface area (Å²) >= 11 is 0. The van der Waals surface area contributed by atoms with Crippen LogP contribution in [-0.4, -0.2) is 55.4 Å². The third-order valence-electron chi connectivity index (χ3n) is 4.49. The second kappa shape index (κ2) is 5.55. The van der Waals surface area contributed by atoms with Crippen LogP contribution in [0.25, 0.3) is 0 Å². The number of nitrogens with two attached hydrogens (primary N) is 1. The van der Waals surface area contributed by atoms with Gasteiger partial charge in [0.1, 0.15) is 0 Å². The molecule has 5 unspecified atom stereocenters. The van der Waals surface area contributed by atoms with E-state index in [-0.39, 0.29) is 24.5 Å². The fourth-order valence-electron chi connectivity index (χ4n) is 3.61. The van der Waals surface area contributed by atoms with Crippen LogP contribution in [0.5, 0.6) is 0 Å². The second-order valence-corrected chi connectivity index (χ2v) is 5.76. The van der Waals surface area contributed by atoms with Crippen molar-refractivity contribution in [3.05, 3.63) is 0 Å². The van der Waals surface area contributed by atoms with E-state index in [4.69, 9.17) is 10.5 Å². The summed E-state index contributed by atoms with van der Waals surface area (Å²) < 4.78 is 4.87. The molecule has 0 aromatic heterocycles. The number of likely N-dealkylation sites (N-methyl/N-ethyl adjacent to an activating group) is 1.